The van der Waals surface area contributed by atoms with Crippen LogP contribution in [0, 0.1) is 0 Å². The molecule has 25 heavy (non-hydrogen) atoms. The SMILES string of the molecule is CCOC(=O)Nc1ccc(NCCc2ccc(S(N)(=O)=O)cc2)nc1. The normalized spacial score (nSPS) is 11.0. The maximum absolute atomic E-state index is 11.3. The molecule has 0 fully saturated rings. The molecule has 0 aliphatic carbocycles. The van der Waals surface area contributed by atoms with Crippen molar-refractivity contribution in [3.05, 3.63) is 48.2 Å². The van der Waals surface area contributed by atoms with Crippen LogP contribution < -0.4 is 15.8 Å². The summed E-state index contributed by atoms with van der Waals surface area (Å²) in [6, 6.07) is 9.87. The first-order chi connectivity index (χ1) is 11.9. The Morgan fingerprint density at radius 1 is 1.20 bits per heavy atom. The van der Waals surface area contributed by atoms with E-state index in [4.69, 9.17) is 9.88 Å². The quantitative estimate of drug-likeness (QED) is 0.690. The molecule has 0 spiro atoms. The molecule has 0 radical (unpaired) electrons. The number of primary sulfonamides is 1. The van der Waals surface area contributed by atoms with Gasteiger partial charge in [-0.2, -0.15) is 0 Å². The third kappa shape index (κ3) is 6.05. The second kappa shape index (κ2) is 8.45. The zero-order valence-electron chi connectivity index (χ0n) is 13.7. The summed E-state index contributed by atoms with van der Waals surface area (Å²) in [6.07, 6.45) is 1.70. The lowest BCUT2D eigenvalue weighted by Crippen LogP contribution is -2.13. The Labute approximate surface area is 146 Å². The Bertz CT molecular complexity index is 805. The number of pyridine rings is 1. The van der Waals surface area contributed by atoms with Gasteiger partial charge in [0.1, 0.15) is 5.82 Å². The lowest BCUT2D eigenvalue weighted by Gasteiger charge is -2.08. The summed E-state index contributed by atoms with van der Waals surface area (Å²) in [5.74, 6) is 0.663. The molecule has 1 heterocycles. The van der Waals surface area contributed by atoms with Gasteiger partial charge in [0.15, 0.2) is 0 Å². The highest BCUT2D eigenvalue weighted by Gasteiger charge is 2.06. The number of hydrogen-bond donors (Lipinski definition) is 3. The molecule has 2 rings (SSSR count). The van der Waals surface area contributed by atoms with Gasteiger partial charge in [-0.15, -0.1) is 0 Å². The number of ether oxygens (including phenoxy) is 1. The molecule has 0 aliphatic heterocycles. The Kier molecular flexibility index (Phi) is 6.31. The minimum atomic E-state index is -3.66. The van der Waals surface area contributed by atoms with Crippen LogP contribution in [0.1, 0.15) is 12.5 Å². The lowest BCUT2D eigenvalue weighted by molar-refractivity contribution is 0.168. The molecule has 8 nitrogen and oxygen atoms in total. The average molecular weight is 364 g/mol. The van der Waals surface area contributed by atoms with E-state index in [-0.39, 0.29) is 4.90 Å². The fourth-order valence-corrected chi connectivity index (χ4v) is 2.55. The number of benzene rings is 1. The van der Waals surface area contributed by atoms with E-state index in [1.807, 2.05) is 0 Å². The molecule has 1 aromatic carbocycles. The second-order valence-corrected chi connectivity index (χ2v) is 6.70. The van der Waals surface area contributed by atoms with Crippen molar-refractivity contribution < 1.29 is 17.9 Å². The molecule has 0 atom stereocenters. The Morgan fingerprint density at radius 2 is 1.92 bits per heavy atom. The van der Waals surface area contributed by atoms with Crippen LogP contribution in [0.15, 0.2) is 47.5 Å². The first-order valence-corrected chi connectivity index (χ1v) is 9.18. The van der Waals surface area contributed by atoms with Crippen molar-refractivity contribution in [2.24, 2.45) is 5.14 Å². The minimum Gasteiger partial charge on any atom is -0.450 e. The van der Waals surface area contributed by atoms with E-state index in [0.717, 1.165) is 5.56 Å². The van der Waals surface area contributed by atoms with Crippen molar-refractivity contribution in [3.8, 4) is 0 Å². The van der Waals surface area contributed by atoms with Gasteiger partial charge in [0.2, 0.25) is 10.0 Å². The first kappa shape index (κ1) is 18.7. The van der Waals surface area contributed by atoms with Gasteiger partial charge >= 0.3 is 6.09 Å². The molecule has 0 unspecified atom stereocenters. The zero-order valence-corrected chi connectivity index (χ0v) is 14.5. The number of rotatable bonds is 7. The molecule has 2 aromatic rings. The molecule has 1 aromatic heterocycles. The van der Waals surface area contributed by atoms with Gasteiger partial charge < -0.3 is 10.1 Å². The molecule has 0 aliphatic rings. The Morgan fingerprint density at radius 3 is 2.48 bits per heavy atom. The summed E-state index contributed by atoms with van der Waals surface area (Å²) < 4.78 is 27.2. The van der Waals surface area contributed by atoms with Crippen LogP contribution in [0.4, 0.5) is 16.3 Å². The maximum Gasteiger partial charge on any atom is 0.411 e. The highest BCUT2D eigenvalue weighted by atomic mass is 32.2. The third-order valence-electron chi connectivity index (χ3n) is 3.26. The van der Waals surface area contributed by atoms with E-state index in [9.17, 15) is 13.2 Å². The fraction of sp³-hybridized carbons (Fsp3) is 0.250. The molecule has 0 bridgehead atoms. The molecular formula is C16H20N4O4S. The topological polar surface area (TPSA) is 123 Å². The van der Waals surface area contributed by atoms with Gasteiger partial charge in [-0.05, 0) is 43.2 Å². The van der Waals surface area contributed by atoms with Crippen molar-refractivity contribution in [1.29, 1.82) is 0 Å². The predicted molar refractivity (Wildman–Crippen MR) is 94.9 cm³/mol. The van der Waals surface area contributed by atoms with E-state index >= 15 is 0 Å². The van der Waals surface area contributed by atoms with E-state index in [1.54, 1.807) is 31.2 Å². The second-order valence-electron chi connectivity index (χ2n) is 5.14. The third-order valence-corrected chi connectivity index (χ3v) is 4.19. The van der Waals surface area contributed by atoms with Crippen LogP contribution in [0.3, 0.4) is 0 Å². The van der Waals surface area contributed by atoms with Crippen molar-refractivity contribution in [2.45, 2.75) is 18.2 Å². The summed E-state index contributed by atoms with van der Waals surface area (Å²) in [7, 11) is -3.66. The number of sulfonamides is 1. The molecule has 4 N–H and O–H groups in total. The van der Waals surface area contributed by atoms with Crippen molar-refractivity contribution in [1.82, 2.24) is 4.98 Å². The number of nitrogens with one attached hydrogen (secondary N) is 2. The first-order valence-electron chi connectivity index (χ1n) is 7.64. The van der Waals surface area contributed by atoms with Gasteiger partial charge in [0.25, 0.3) is 0 Å². The summed E-state index contributed by atoms with van der Waals surface area (Å²) in [4.78, 5) is 15.6. The average Bonchev–Trinajstić information content (AvgIpc) is 2.56. The molecule has 0 saturated heterocycles. The lowest BCUT2D eigenvalue weighted by atomic mass is 10.1. The van der Waals surface area contributed by atoms with Gasteiger partial charge in [0, 0.05) is 6.54 Å². The molecule has 9 heteroatoms. The van der Waals surface area contributed by atoms with Crippen LogP contribution in [0.5, 0.6) is 0 Å². The largest absolute Gasteiger partial charge is 0.450 e. The monoisotopic (exact) mass is 364 g/mol. The molecular weight excluding hydrogens is 344 g/mol. The van der Waals surface area contributed by atoms with Crippen molar-refractivity contribution in [2.75, 3.05) is 23.8 Å². The van der Waals surface area contributed by atoms with Crippen LogP contribution >= 0.6 is 0 Å². The standard InChI is InChI=1S/C16H20N4O4S/c1-2-24-16(21)20-13-5-8-15(19-11-13)18-10-9-12-3-6-14(7-4-12)25(17,22)23/h3-8,11H,2,9-10H2,1H3,(H,18,19)(H,20,21)(H2,17,22,23). The number of nitrogens with two attached hydrogens (primary N) is 1. The van der Waals surface area contributed by atoms with Crippen LogP contribution in [0.25, 0.3) is 0 Å². The maximum atomic E-state index is 11.3. The predicted octanol–water partition coefficient (Wildman–Crippen LogP) is 1.95. The Hall–Kier alpha value is -2.65. The van der Waals surface area contributed by atoms with E-state index < -0.39 is 16.1 Å². The van der Waals surface area contributed by atoms with Crippen molar-refractivity contribution >= 4 is 27.6 Å². The summed E-state index contributed by atoms with van der Waals surface area (Å²) in [6.45, 7) is 2.65. The van der Waals surface area contributed by atoms with Crippen molar-refractivity contribution in [3.63, 3.8) is 0 Å². The van der Waals surface area contributed by atoms with Gasteiger partial charge in [-0.25, -0.2) is 23.3 Å². The highest BCUT2D eigenvalue weighted by molar-refractivity contribution is 7.89. The number of carbonyl (C=O) groups is 1. The molecule has 0 saturated carbocycles. The summed E-state index contributed by atoms with van der Waals surface area (Å²) in [5, 5.41) is 10.8. The minimum absolute atomic E-state index is 0.0931. The van der Waals surface area contributed by atoms with E-state index in [1.165, 1.54) is 18.3 Å². The number of aromatic nitrogens is 1. The smallest absolute Gasteiger partial charge is 0.411 e. The van der Waals surface area contributed by atoms with Gasteiger partial charge in [-0.3, -0.25) is 5.32 Å². The molecule has 134 valence electrons. The summed E-state index contributed by atoms with van der Waals surface area (Å²) in [5.41, 5.74) is 1.52. The fourth-order valence-electron chi connectivity index (χ4n) is 2.04. The highest BCUT2D eigenvalue weighted by Crippen LogP contribution is 2.12. The number of nitrogens with zero attached hydrogens (tertiary/aromatic N) is 1. The summed E-state index contributed by atoms with van der Waals surface area (Å²) >= 11 is 0. The van der Waals surface area contributed by atoms with Gasteiger partial charge in [-0.1, -0.05) is 12.1 Å². The Balaban J connectivity index is 1.82. The number of amides is 1. The van der Waals surface area contributed by atoms with E-state index in [2.05, 4.69) is 15.6 Å². The number of anilines is 2. The van der Waals surface area contributed by atoms with Gasteiger partial charge in [0.05, 0.1) is 23.4 Å². The number of carbonyl (C=O) groups excluding carboxylic acids is 1. The van der Waals surface area contributed by atoms with Crippen LogP contribution in [-0.4, -0.2) is 32.6 Å². The van der Waals surface area contributed by atoms with Crippen LogP contribution in [-0.2, 0) is 21.2 Å². The van der Waals surface area contributed by atoms with E-state index in [0.29, 0.717) is 31.1 Å². The van der Waals surface area contributed by atoms with Crippen LogP contribution in [0.2, 0.25) is 0 Å². The number of hydrogen-bond acceptors (Lipinski definition) is 6. The molecule has 1 amide bonds. The zero-order chi connectivity index (χ0) is 18.3.